The number of carbonyl (C=O) groups is 2. The van der Waals surface area contributed by atoms with Crippen molar-refractivity contribution in [1.82, 2.24) is 9.88 Å². The van der Waals surface area contributed by atoms with Crippen LogP contribution in [0.15, 0.2) is 59.6 Å². The van der Waals surface area contributed by atoms with Crippen LogP contribution in [0.4, 0.5) is 23.7 Å². The van der Waals surface area contributed by atoms with Crippen LogP contribution in [0.25, 0.3) is 10.9 Å². The Balaban J connectivity index is 1.71. The van der Waals surface area contributed by atoms with Crippen molar-refractivity contribution in [3.63, 3.8) is 0 Å². The number of anilines is 1. The molecule has 12 heteroatoms. The molecular weight excluding hydrogens is 495 g/mol. The van der Waals surface area contributed by atoms with Crippen LogP contribution < -0.4 is 4.90 Å². The summed E-state index contributed by atoms with van der Waals surface area (Å²) in [6.07, 6.45) is 1.45. The third-order valence-electron chi connectivity index (χ3n) is 5.68. The van der Waals surface area contributed by atoms with Crippen LogP contribution in [0.3, 0.4) is 0 Å². The molecule has 0 unspecified atom stereocenters. The van der Waals surface area contributed by atoms with Gasteiger partial charge < -0.3 is 4.90 Å². The standard InChI is InChI=1S/C22H17ClF3N3O4S/c1-21(2)19(30)29(13-7-9-14(10-8-13)34(32,33)22(24,25)26)20(31)28(21)12-16-15-5-3-4-6-18(15)27-11-17(16)23/h3-11H,12H2,1-2H3. The Morgan fingerprint density at radius 2 is 1.65 bits per heavy atom. The van der Waals surface area contributed by atoms with Crippen molar-refractivity contribution < 1.29 is 31.2 Å². The molecule has 3 aromatic rings. The maximum absolute atomic E-state index is 13.3. The van der Waals surface area contributed by atoms with E-state index in [1.54, 1.807) is 24.3 Å². The van der Waals surface area contributed by atoms with Crippen molar-refractivity contribution in [1.29, 1.82) is 0 Å². The summed E-state index contributed by atoms with van der Waals surface area (Å²) in [6, 6.07) is 9.82. The number of amides is 3. The van der Waals surface area contributed by atoms with E-state index in [2.05, 4.69) is 4.98 Å². The van der Waals surface area contributed by atoms with E-state index in [0.29, 0.717) is 33.6 Å². The maximum atomic E-state index is 13.3. The quantitative estimate of drug-likeness (QED) is 0.463. The monoisotopic (exact) mass is 511 g/mol. The number of rotatable bonds is 4. The molecule has 0 atom stereocenters. The Hall–Kier alpha value is -3.18. The predicted octanol–water partition coefficient (Wildman–Crippen LogP) is 4.93. The zero-order chi connectivity index (χ0) is 25.1. The number of hydrogen-bond donors (Lipinski definition) is 0. The van der Waals surface area contributed by atoms with E-state index < -0.39 is 37.7 Å². The van der Waals surface area contributed by atoms with Gasteiger partial charge in [-0.1, -0.05) is 29.8 Å². The molecule has 1 aliphatic heterocycles. The zero-order valence-electron chi connectivity index (χ0n) is 17.8. The highest BCUT2D eigenvalue weighted by Gasteiger charge is 2.52. The summed E-state index contributed by atoms with van der Waals surface area (Å²) in [5.74, 6) is -0.626. The number of imide groups is 1. The predicted molar refractivity (Wildman–Crippen MR) is 119 cm³/mol. The first-order valence-corrected chi connectivity index (χ1v) is 11.7. The molecule has 1 aromatic heterocycles. The molecule has 0 spiro atoms. The van der Waals surface area contributed by atoms with Gasteiger partial charge in [0.1, 0.15) is 5.54 Å². The van der Waals surface area contributed by atoms with Crippen molar-refractivity contribution in [3.05, 3.63) is 65.3 Å². The van der Waals surface area contributed by atoms with Crippen molar-refractivity contribution >= 4 is 50.0 Å². The van der Waals surface area contributed by atoms with Crippen molar-refractivity contribution in [2.45, 2.75) is 36.3 Å². The van der Waals surface area contributed by atoms with Gasteiger partial charge in [-0.05, 0) is 44.2 Å². The number of nitrogens with zero attached hydrogens (tertiary/aromatic N) is 3. The summed E-state index contributed by atoms with van der Waals surface area (Å²) in [7, 11) is -5.56. The maximum Gasteiger partial charge on any atom is 0.501 e. The minimum atomic E-state index is -5.56. The van der Waals surface area contributed by atoms with Gasteiger partial charge in [-0.15, -0.1) is 0 Å². The highest BCUT2D eigenvalue weighted by atomic mass is 35.5. The molecular formula is C22H17ClF3N3O4S. The third kappa shape index (κ3) is 3.68. The smallest absolute Gasteiger partial charge is 0.305 e. The first kappa shape index (κ1) is 24.0. The normalized spacial score (nSPS) is 16.5. The van der Waals surface area contributed by atoms with Gasteiger partial charge in [0, 0.05) is 17.1 Å². The van der Waals surface area contributed by atoms with Gasteiger partial charge in [0.2, 0.25) is 0 Å². The fraction of sp³-hybridized carbons (Fsp3) is 0.227. The van der Waals surface area contributed by atoms with Crippen LogP contribution in [0.1, 0.15) is 19.4 Å². The lowest BCUT2D eigenvalue weighted by molar-refractivity contribution is -0.123. The van der Waals surface area contributed by atoms with Crippen LogP contribution in [-0.2, 0) is 21.2 Å². The molecule has 34 heavy (non-hydrogen) atoms. The number of alkyl halides is 3. The fourth-order valence-corrected chi connectivity index (χ4v) is 4.70. The largest absolute Gasteiger partial charge is 0.501 e. The van der Waals surface area contributed by atoms with E-state index >= 15 is 0 Å². The van der Waals surface area contributed by atoms with E-state index in [-0.39, 0.29) is 12.2 Å². The number of aromatic nitrogens is 1. The molecule has 178 valence electrons. The molecule has 0 aliphatic carbocycles. The molecule has 2 heterocycles. The first-order valence-electron chi connectivity index (χ1n) is 9.86. The molecule has 4 rings (SSSR count). The molecule has 2 aromatic carbocycles. The molecule has 1 fully saturated rings. The molecule has 1 saturated heterocycles. The highest BCUT2D eigenvalue weighted by Crippen LogP contribution is 2.37. The van der Waals surface area contributed by atoms with E-state index in [1.165, 1.54) is 24.9 Å². The number of urea groups is 1. The van der Waals surface area contributed by atoms with E-state index in [9.17, 15) is 31.2 Å². The molecule has 7 nitrogen and oxygen atoms in total. The molecule has 0 N–H and O–H groups in total. The molecule has 0 saturated carbocycles. The van der Waals surface area contributed by atoms with Gasteiger partial charge in [0.05, 0.1) is 27.7 Å². The van der Waals surface area contributed by atoms with Crippen LogP contribution in [0.2, 0.25) is 5.02 Å². The second-order valence-corrected chi connectivity index (χ2v) is 10.5. The minimum absolute atomic E-state index is 0.0313. The second-order valence-electron chi connectivity index (χ2n) is 8.11. The number of pyridine rings is 1. The Labute approximate surface area is 197 Å². The topological polar surface area (TPSA) is 87.7 Å². The molecule has 0 radical (unpaired) electrons. The van der Waals surface area contributed by atoms with Crippen molar-refractivity contribution in [2.24, 2.45) is 0 Å². The minimum Gasteiger partial charge on any atom is -0.305 e. The SMILES string of the molecule is CC1(C)C(=O)N(c2ccc(S(=O)(=O)C(F)(F)F)cc2)C(=O)N1Cc1c(Cl)cnc2ccccc12. The van der Waals surface area contributed by atoms with E-state index in [0.717, 1.165) is 17.0 Å². The summed E-state index contributed by atoms with van der Waals surface area (Å²) in [6.45, 7) is 3.04. The Bertz CT molecular complexity index is 1420. The highest BCUT2D eigenvalue weighted by molar-refractivity contribution is 7.92. The van der Waals surface area contributed by atoms with E-state index in [1.807, 2.05) is 0 Å². The lowest BCUT2D eigenvalue weighted by atomic mass is 10.0. The first-order chi connectivity index (χ1) is 15.8. The average Bonchev–Trinajstić information content (AvgIpc) is 2.94. The van der Waals surface area contributed by atoms with Crippen LogP contribution in [0.5, 0.6) is 0 Å². The third-order valence-corrected chi connectivity index (χ3v) is 7.51. The number of fused-ring (bicyclic) bond motifs is 1. The Morgan fingerprint density at radius 3 is 2.26 bits per heavy atom. The lowest BCUT2D eigenvalue weighted by Crippen LogP contribution is -2.43. The summed E-state index contributed by atoms with van der Waals surface area (Å²) < 4.78 is 61.7. The zero-order valence-corrected chi connectivity index (χ0v) is 19.4. The van der Waals surface area contributed by atoms with E-state index in [4.69, 9.17) is 11.6 Å². The number of halogens is 4. The van der Waals surface area contributed by atoms with Crippen molar-refractivity contribution in [2.75, 3.05) is 4.90 Å². The van der Waals surface area contributed by atoms with Gasteiger partial charge in [0.25, 0.3) is 15.7 Å². The van der Waals surface area contributed by atoms with Crippen molar-refractivity contribution in [3.8, 4) is 0 Å². The average molecular weight is 512 g/mol. The summed E-state index contributed by atoms with van der Waals surface area (Å²) in [5, 5.41) is 1.00. The molecule has 0 bridgehead atoms. The number of hydrogen-bond acceptors (Lipinski definition) is 5. The Morgan fingerprint density at radius 1 is 1.03 bits per heavy atom. The van der Waals surface area contributed by atoms with Gasteiger partial charge in [-0.25, -0.2) is 18.1 Å². The number of benzene rings is 2. The number of para-hydroxylation sites is 1. The number of sulfone groups is 1. The van der Waals surface area contributed by atoms with Crippen LogP contribution >= 0.6 is 11.6 Å². The number of carbonyl (C=O) groups excluding carboxylic acids is 2. The van der Waals surface area contributed by atoms with Crippen LogP contribution in [-0.4, -0.2) is 41.3 Å². The summed E-state index contributed by atoms with van der Waals surface area (Å²) in [5.41, 5.74) is -5.62. The fourth-order valence-electron chi connectivity index (χ4n) is 3.73. The van der Waals surface area contributed by atoms with Gasteiger partial charge in [-0.2, -0.15) is 13.2 Å². The van der Waals surface area contributed by atoms with Crippen LogP contribution in [0, 0.1) is 0 Å². The lowest BCUT2D eigenvalue weighted by Gasteiger charge is -2.28. The van der Waals surface area contributed by atoms with Gasteiger partial charge in [-0.3, -0.25) is 9.78 Å². The Kier molecular flexibility index (Phi) is 5.60. The second kappa shape index (κ2) is 7.95. The summed E-state index contributed by atoms with van der Waals surface area (Å²) >= 11 is 6.36. The molecule has 1 aliphatic rings. The molecule has 3 amide bonds. The van der Waals surface area contributed by atoms with Gasteiger partial charge in [0.15, 0.2) is 0 Å². The summed E-state index contributed by atoms with van der Waals surface area (Å²) in [4.78, 5) is 31.8. The van der Waals surface area contributed by atoms with Gasteiger partial charge >= 0.3 is 11.5 Å².